The predicted molar refractivity (Wildman–Crippen MR) is 54.2 cm³/mol. The second-order valence-electron chi connectivity index (χ2n) is 4.00. The number of rotatable bonds is 0. The summed E-state index contributed by atoms with van der Waals surface area (Å²) in [5.74, 6) is 0.471. The maximum Gasteiger partial charge on any atom is 0.119 e. The molecule has 2 rings (SSSR count). The number of fused-ring (bicyclic) bond motifs is 1. The van der Waals surface area contributed by atoms with Crippen LogP contribution in [0.1, 0.15) is 35.1 Å². The van der Waals surface area contributed by atoms with Gasteiger partial charge in [-0.25, -0.2) is 0 Å². The number of aromatic hydroxyl groups is 1. The van der Waals surface area contributed by atoms with Gasteiger partial charge in [0.2, 0.25) is 0 Å². The Bertz CT molecular complexity index is 339. The van der Waals surface area contributed by atoms with Crippen molar-refractivity contribution in [1.82, 2.24) is 0 Å². The van der Waals surface area contributed by atoms with Crippen molar-refractivity contribution in [2.24, 2.45) is 0 Å². The molecule has 1 aromatic carbocycles. The molecule has 13 heavy (non-hydrogen) atoms. The first-order chi connectivity index (χ1) is 6.20. The summed E-state index contributed by atoms with van der Waals surface area (Å²) in [6.45, 7) is 4.13. The van der Waals surface area contributed by atoms with Crippen LogP contribution in [0, 0.1) is 13.8 Å². The van der Waals surface area contributed by atoms with Crippen molar-refractivity contribution in [2.45, 2.75) is 39.5 Å². The molecule has 0 amide bonds. The van der Waals surface area contributed by atoms with E-state index in [4.69, 9.17) is 0 Å². The van der Waals surface area contributed by atoms with E-state index in [1.54, 1.807) is 0 Å². The largest absolute Gasteiger partial charge is 0.508 e. The van der Waals surface area contributed by atoms with Crippen LogP contribution in [0.15, 0.2) is 6.07 Å². The van der Waals surface area contributed by atoms with Gasteiger partial charge in [0, 0.05) is 0 Å². The summed E-state index contributed by atoms with van der Waals surface area (Å²) in [5, 5.41) is 9.66. The van der Waals surface area contributed by atoms with Gasteiger partial charge in [-0.3, -0.25) is 0 Å². The first-order valence-corrected chi connectivity index (χ1v) is 5.01. The smallest absolute Gasteiger partial charge is 0.119 e. The van der Waals surface area contributed by atoms with Gasteiger partial charge in [-0.15, -0.1) is 0 Å². The Balaban J connectivity index is 2.63. The van der Waals surface area contributed by atoms with E-state index >= 15 is 0 Å². The molecular weight excluding hydrogens is 160 g/mol. The number of benzene rings is 1. The van der Waals surface area contributed by atoms with Crippen LogP contribution in [0.5, 0.6) is 5.75 Å². The number of hydrogen-bond acceptors (Lipinski definition) is 1. The second-order valence-corrected chi connectivity index (χ2v) is 4.00. The molecule has 0 saturated heterocycles. The highest BCUT2D eigenvalue weighted by Gasteiger charge is 2.15. The van der Waals surface area contributed by atoms with E-state index in [9.17, 15) is 5.11 Å². The Labute approximate surface area is 79.4 Å². The zero-order valence-corrected chi connectivity index (χ0v) is 8.35. The average molecular weight is 176 g/mol. The Kier molecular flexibility index (Phi) is 2.03. The third-order valence-electron chi connectivity index (χ3n) is 3.13. The van der Waals surface area contributed by atoms with Crippen LogP contribution >= 0.6 is 0 Å². The lowest BCUT2D eigenvalue weighted by Crippen LogP contribution is -2.06. The minimum absolute atomic E-state index is 0.471. The van der Waals surface area contributed by atoms with Crippen molar-refractivity contribution in [3.8, 4) is 5.75 Å². The lowest BCUT2D eigenvalue weighted by molar-refractivity contribution is 0.468. The molecule has 1 nitrogen and oxygen atoms in total. The number of hydrogen-bond donors (Lipinski definition) is 1. The second kappa shape index (κ2) is 3.06. The van der Waals surface area contributed by atoms with E-state index < -0.39 is 0 Å². The summed E-state index contributed by atoms with van der Waals surface area (Å²) in [5.41, 5.74) is 5.25. The molecule has 0 saturated carbocycles. The van der Waals surface area contributed by atoms with Gasteiger partial charge in [-0.05, 0) is 67.9 Å². The number of phenols is 1. The van der Waals surface area contributed by atoms with Crippen molar-refractivity contribution < 1.29 is 5.11 Å². The topological polar surface area (TPSA) is 20.2 Å². The van der Waals surface area contributed by atoms with Gasteiger partial charge in [0.15, 0.2) is 0 Å². The van der Waals surface area contributed by atoms with Crippen LogP contribution in [0.25, 0.3) is 0 Å². The SMILES string of the molecule is Cc1cc(O)c(C)c2c1CCCC2. The molecule has 1 N–H and O–H groups in total. The van der Waals surface area contributed by atoms with E-state index in [0.717, 1.165) is 12.0 Å². The summed E-state index contributed by atoms with van der Waals surface area (Å²) in [7, 11) is 0. The molecule has 0 fully saturated rings. The minimum atomic E-state index is 0.471. The summed E-state index contributed by atoms with van der Waals surface area (Å²) in [6, 6.07) is 1.90. The molecule has 1 heteroatoms. The Morgan fingerprint density at radius 1 is 1.08 bits per heavy atom. The molecule has 0 unspecified atom stereocenters. The fraction of sp³-hybridized carbons (Fsp3) is 0.500. The van der Waals surface area contributed by atoms with Gasteiger partial charge >= 0.3 is 0 Å². The van der Waals surface area contributed by atoms with Crippen molar-refractivity contribution in [3.05, 3.63) is 28.3 Å². The lowest BCUT2D eigenvalue weighted by atomic mass is 9.85. The molecule has 0 aromatic heterocycles. The quantitative estimate of drug-likeness (QED) is 0.644. The first-order valence-electron chi connectivity index (χ1n) is 5.01. The van der Waals surface area contributed by atoms with Crippen LogP contribution < -0.4 is 0 Å². The highest BCUT2D eigenvalue weighted by atomic mass is 16.3. The first kappa shape index (κ1) is 8.61. The van der Waals surface area contributed by atoms with Gasteiger partial charge in [0.05, 0.1) is 0 Å². The van der Waals surface area contributed by atoms with E-state index in [-0.39, 0.29) is 0 Å². The maximum absolute atomic E-state index is 9.66. The van der Waals surface area contributed by atoms with E-state index in [1.165, 1.54) is 36.0 Å². The van der Waals surface area contributed by atoms with E-state index in [0.29, 0.717) is 5.75 Å². The zero-order valence-electron chi connectivity index (χ0n) is 8.35. The normalized spacial score (nSPS) is 15.5. The molecule has 0 spiro atoms. The Morgan fingerprint density at radius 3 is 2.38 bits per heavy atom. The summed E-state index contributed by atoms with van der Waals surface area (Å²) in [4.78, 5) is 0. The molecule has 1 aliphatic carbocycles. The van der Waals surface area contributed by atoms with Crippen molar-refractivity contribution in [3.63, 3.8) is 0 Å². The van der Waals surface area contributed by atoms with Crippen LogP contribution in [0.3, 0.4) is 0 Å². The van der Waals surface area contributed by atoms with Gasteiger partial charge < -0.3 is 5.11 Å². The third-order valence-corrected chi connectivity index (χ3v) is 3.13. The fourth-order valence-electron chi connectivity index (χ4n) is 2.31. The summed E-state index contributed by atoms with van der Waals surface area (Å²) >= 11 is 0. The monoisotopic (exact) mass is 176 g/mol. The van der Waals surface area contributed by atoms with E-state index in [2.05, 4.69) is 6.92 Å². The van der Waals surface area contributed by atoms with Crippen molar-refractivity contribution in [2.75, 3.05) is 0 Å². The molecule has 0 radical (unpaired) electrons. The van der Waals surface area contributed by atoms with Crippen LogP contribution in [-0.4, -0.2) is 5.11 Å². The van der Waals surface area contributed by atoms with Gasteiger partial charge in [-0.1, -0.05) is 0 Å². The predicted octanol–water partition coefficient (Wildman–Crippen LogP) is 2.89. The standard InChI is InChI=1S/C12H16O/c1-8-7-12(13)9(2)11-6-4-3-5-10(8)11/h7,13H,3-6H2,1-2H3. The maximum atomic E-state index is 9.66. The molecule has 0 aliphatic heterocycles. The minimum Gasteiger partial charge on any atom is -0.508 e. The lowest BCUT2D eigenvalue weighted by Gasteiger charge is -2.21. The van der Waals surface area contributed by atoms with Crippen LogP contribution in [-0.2, 0) is 12.8 Å². The molecule has 1 aromatic rings. The third kappa shape index (κ3) is 1.32. The highest BCUT2D eigenvalue weighted by molar-refractivity contribution is 5.48. The molecule has 0 atom stereocenters. The fourth-order valence-corrected chi connectivity index (χ4v) is 2.31. The average Bonchev–Trinajstić information content (AvgIpc) is 2.15. The van der Waals surface area contributed by atoms with Crippen LogP contribution in [0.4, 0.5) is 0 Å². The molecular formula is C12H16O. The van der Waals surface area contributed by atoms with E-state index in [1.807, 2.05) is 13.0 Å². The Morgan fingerprint density at radius 2 is 1.69 bits per heavy atom. The van der Waals surface area contributed by atoms with Gasteiger partial charge in [0.25, 0.3) is 0 Å². The molecule has 70 valence electrons. The van der Waals surface area contributed by atoms with Gasteiger partial charge in [-0.2, -0.15) is 0 Å². The number of phenolic OH excluding ortho intramolecular Hbond substituents is 1. The molecule has 1 aliphatic rings. The summed E-state index contributed by atoms with van der Waals surface area (Å²) < 4.78 is 0. The van der Waals surface area contributed by atoms with Crippen LogP contribution in [0.2, 0.25) is 0 Å². The number of aryl methyl sites for hydroxylation is 1. The highest BCUT2D eigenvalue weighted by Crippen LogP contribution is 2.32. The van der Waals surface area contributed by atoms with Crippen molar-refractivity contribution >= 4 is 0 Å². The summed E-state index contributed by atoms with van der Waals surface area (Å²) in [6.07, 6.45) is 4.92. The van der Waals surface area contributed by atoms with Gasteiger partial charge in [0.1, 0.15) is 5.75 Å². The Hall–Kier alpha value is -0.980. The van der Waals surface area contributed by atoms with Crippen molar-refractivity contribution in [1.29, 1.82) is 0 Å². The zero-order chi connectivity index (χ0) is 9.42. The molecule has 0 bridgehead atoms. The molecule has 0 heterocycles.